The predicted octanol–water partition coefficient (Wildman–Crippen LogP) is 5.41. The Morgan fingerprint density at radius 1 is 0.567 bits per heavy atom. The first kappa shape index (κ1) is 29.8. The lowest BCUT2D eigenvalue weighted by molar-refractivity contribution is 0.0775. The van der Waals surface area contributed by atoms with E-state index in [1.165, 1.54) is 77.0 Å². The summed E-state index contributed by atoms with van der Waals surface area (Å²) in [6.07, 6.45) is 18.6. The molecule has 0 aliphatic rings. The second kappa shape index (κ2) is 18.4. The lowest BCUT2D eigenvalue weighted by Crippen LogP contribution is -2.31. The van der Waals surface area contributed by atoms with E-state index in [1.807, 2.05) is 0 Å². The summed E-state index contributed by atoms with van der Waals surface area (Å²) in [6.45, 7) is 2.45. The first-order valence-corrected chi connectivity index (χ1v) is 14.9. The Hall–Kier alpha value is -0.220. The van der Waals surface area contributed by atoms with E-state index in [-0.39, 0.29) is 6.61 Å². The topological polar surface area (TPSA) is 118 Å². The predicted molar refractivity (Wildman–Crippen MR) is 122 cm³/mol. The molecule has 0 aromatic heterocycles. The van der Waals surface area contributed by atoms with Crippen LogP contribution in [0, 0.1) is 0 Å². The van der Waals surface area contributed by atoms with Gasteiger partial charge in [0.1, 0.15) is 11.5 Å². The molecule has 0 aromatic rings. The third-order valence-corrected chi connectivity index (χ3v) is 6.73. The molecule has 182 valence electrons. The minimum Gasteiger partial charge on any atom is -0.376 e. The van der Waals surface area contributed by atoms with Crippen LogP contribution >= 0.6 is 0 Å². The molecular weight excluding hydrogens is 428 g/mol. The summed E-state index contributed by atoms with van der Waals surface area (Å²) in [5.74, 6) is -1.68. The highest BCUT2D eigenvalue weighted by Gasteiger charge is 2.23. The van der Waals surface area contributed by atoms with Crippen LogP contribution in [-0.2, 0) is 25.0 Å². The van der Waals surface area contributed by atoms with Crippen LogP contribution in [0.2, 0.25) is 0 Å². The molecule has 30 heavy (non-hydrogen) atoms. The Bertz CT molecular complexity index is 554. The van der Waals surface area contributed by atoms with Crippen LogP contribution in [0.15, 0.2) is 0 Å². The van der Waals surface area contributed by atoms with E-state index in [1.54, 1.807) is 0 Å². The van der Waals surface area contributed by atoms with E-state index < -0.39 is 37.8 Å². The first-order chi connectivity index (χ1) is 14.1. The highest BCUT2D eigenvalue weighted by Crippen LogP contribution is 2.14. The fourth-order valence-electron chi connectivity index (χ4n) is 3.51. The normalized spacial score (nSPS) is 12.7. The van der Waals surface area contributed by atoms with Crippen LogP contribution in [0.25, 0.3) is 0 Å². The molecule has 0 fully saturated rings. The molecule has 0 aliphatic heterocycles. The maximum absolute atomic E-state index is 10.9. The first-order valence-electron chi connectivity index (χ1n) is 11.7. The summed E-state index contributed by atoms with van der Waals surface area (Å²) < 4.78 is 66.6. The monoisotopic (exact) mass is 472 g/mol. The van der Waals surface area contributed by atoms with Gasteiger partial charge in [-0.25, -0.2) is 0 Å². The highest BCUT2D eigenvalue weighted by atomic mass is 32.2. The van der Waals surface area contributed by atoms with Crippen LogP contribution in [0.5, 0.6) is 0 Å². The maximum atomic E-state index is 10.9. The van der Waals surface area contributed by atoms with Crippen molar-refractivity contribution in [2.45, 2.75) is 116 Å². The molecule has 0 unspecified atom stereocenters. The van der Waals surface area contributed by atoms with Crippen LogP contribution in [0.4, 0.5) is 0 Å². The molecule has 7 nitrogen and oxygen atoms in total. The van der Waals surface area contributed by atoms with Gasteiger partial charge >= 0.3 is 0 Å². The second-order valence-corrected chi connectivity index (χ2v) is 11.3. The zero-order valence-electron chi connectivity index (χ0n) is 18.8. The standard InChI is InChI=1S/C21H44O7S2/c1-2-3-4-5-6-7-8-9-10-11-12-13-14-15-16-17-18-28-21(19-29(22,23)24)20-30(25,26)27/h21H,2-20H2,1H3,(H,22,23,24)(H,25,26,27). The quantitative estimate of drug-likeness (QED) is 0.160. The van der Waals surface area contributed by atoms with Gasteiger partial charge in [0.2, 0.25) is 0 Å². The van der Waals surface area contributed by atoms with E-state index in [4.69, 9.17) is 13.8 Å². The number of unbranched alkanes of at least 4 members (excludes halogenated alkanes) is 15. The fourth-order valence-corrected chi connectivity index (χ4v) is 5.03. The van der Waals surface area contributed by atoms with E-state index in [9.17, 15) is 16.8 Å². The smallest absolute Gasteiger partial charge is 0.267 e. The Morgan fingerprint density at radius 3 is 1.17 bits per heavy atom. The van der Waals surface area contributed by atoms with Crippen molar-refractivity contribution in [1.82, 2.24) is 0 Å². The number of hydrogen-bond donors (Lipinski definition) is 2. The Balaban J connectivity index is 3.51. The average Bonchev–Trinajstić information content (AvgIpc) is 2.61. The van der Waals surface area contributed by atoms with Gasteiger partial charge in [-0.15, -0.1) is 0 Å². The number of hydrogen-bond acceptors (Lipinski definition) is 5. The summed E-state index contributed by atoms with van der Waals surface area (Å²) in [7, 11) is -8.74. The Labute approximate surface area is 184 Å². The minimum atomic E-state index is -4.37. The van der Waals surface area contributed by atoms with Gasteiger partial charge in [-0.05, 0) is 6.42 Å². The second-order valence-electron chi connectivity index (χ2n) is 8.29. The van der Waals surface area contributed by atoms with Crippen molar-refractivity contribution < 1.29 is 30.7 Å². The zero-order chi connectivity index (χ0) is 22.7. The fraction of sp³-hybridized carbons (Fsp3) is 1.00. The van der Waals surface area contributed by atoms with Gasteiger partial charge in [-0.1, -0.05) is 103 Å². The summed E-state index contributed by atoms with van der Waals surface area (Å²) in [5.41, 5.74) is 0. The SMILES string of the molecule is CCCCCCCCCCCCCCCCCCOC(CS(=O)(=O)O)CS(=O)(=O)O. The van der Waals surface area contributed by atoms with Gasteiger partial charge < -0.3 is 4.74 Å². The summed E-state index contributed by atoms with van der Waals surface area (Å²) in [5, 5.41) is 0. The molecular formula is C21H44O7S2. The van der Waals surface area contributed by atoms with Gasteiger partial charge in [0.25, 0.3) is 20.2 Å². The van der Waals surface area contributed by atoms with Crippen LogP contribution in [0.1, 0.15) is 110 Å². The molecule has 0 saturated carbocycles. The molecule has 0 amide bonds. The van der Waals surface area contributed by atoms with E-state index in [0.717, 1.165) is 19.3 Å². The van der Waals surface area contributed by atoms with Crippen molar-refractivity contribution in [2.75, 3.05) is 18.1 Å². The van der Waals surface area contributed by atoms with E-state index in [2.05, 4.69) is 6.92 Å². The summed E-state index contributed by atoms with van der Waals surface area (Å²) in [4.78, 5) is 0. The van der Waals surface area contributed by atoms with Crippen molar-refractivity contribution in [3.8, 4) is 0 Å². The van der Waals surface area contributed by atoms with E-state index in [0.29, 0.717) is 6.42 Å². The molecule has 0 aliphatic carbocycles. The van der Waals surface area contributed by atoms with Crippen molar-refractivity contribution in [2.24, 2.45) is 0 Å². The van der Waals surface area contributed by atoms with Gasteiger partial charge in [0.05, 0.1) is 6.10 Å². The average molecular weight is 473 g/mol. The molecule has 0 radical (unpaired) electrons. The molecule has 0 atom stereocenters. The van der Waals surface area contributed by atoms with Gasteiger partial charge in [0.15, 0.2) is 0 Å². The minimum absolute atomic E-state index is 0.203. The lowest BCUT2D eigenvalue weighted by atomic mass is 10.0. The zero-order valence-corrected chi connectivity index (χ0v) is 20.4. The van der Waals surface area contributed by atoms with Crippen LogP contribution in [-0.4, -0.2) is 50.2 Å². The Kier molecular flexibility index (Phi) is 18.2. The van der Waals surface area contributed by atoms with Crippen LogP contribution in [0.3, 0.4) is 0 Å². The maximum Gasteiger partial charge on any atom is 0.267 e. The summed E-state index contributed by atoms with van der Waals surface area (Å²) in [6, 6.07) is 0. The van der Waals surface area contributed by atoms with E-state index >= 15 is 0 Å². The third-order valence-electron chi connectivity index (χ3n) is 5.14. The number of rotatable bonds is 22. The van der Waals surface area contributed by atoms with Gasteiger partial charge in [-0.2, -0.15) is 16.8 Å². The molecule has 0 bridgehead atoms. The molecule has 0 heterocycles. The molecule has 0 aromatic carbocycles. The number of ether oxygens (including phenoxy) is 1. The third kappa shape index (κ3) is 24.1. The molecule has 2 N–H and O–H groups in total. The molecule has 0 saturated heterocycles. The molecule has 0 rings (SSSR count). The van der Waals surface area contributed by atoms with Gasteiger partial charge in [0, 0.05) is 6.61 Å². The van der Waals surface area contributed by atoms with Crippen molar-refractivity contribution in [1.29, 1.82) is 0 Å². The highest BCUT2D eigenvalue weighted by molar-refractivity contribution is 7.86. The largest absolute Gasteiger partial charge is 0.376 e. The Morgan fingerprint density at radius 2 is 0.867 bits per heavy atom. The van der Waals surface area contributed by atoms with Crippen LogP contribution < -0.4 is 0 Å². The summed E-state index contributed by atoms with van der Waals surface area (Å²) >= 11 is 0. The molecule has 0 spiro atoms. The van der Waals surface area contributed by atoms with Crippen molar-refractivity contribution >= 4 is 20.2 Å². The lowest BCUT2D eigenvalue weighted by Gasteiger charge is -2.15. The van der Waals surface area contributed by atoms with Crippen molar-refractivity contribution in [3.63, 3.8) is 0 Å². The molecule has 9 heteroatoms. The van der Waals surface area contributed by atoms with Crippen molar-refractivity contribution in [3.05, 3.63) is 0 Å². The van der Waals surface area contributed by atoms with Gasteiger partial charge in [-0.3, -0.25) is 9.11 Å².